The summed E-state index contributed by atoms with van der Waals surface area (Å²) in [5.41, 5.74) is 0.898. The van der Waals surface area contributed by atoms with Gasteiger partial charge >= 0.3 is 0 Å². The number of benzene rings is 2. The fourth-order valence-corrected chi connectivity index (χ4v) is 1.78. The molecule has 21 heavy (non-hydrogen) atoms. The molecule has 0 amide bonds. The Hall–Kier alpha value is -3.22. The zero-order chi connectivity index (χ0) is 15.0. The van der Waals surface area contributed by atoms with E-state index < -0.39 is 0 Å². The molecule has 0 saturated carbocycles. The van der Waals surface area contributed by atoms with Gasteiger partial charge in [-0.05, 0) is 36.4 Å². The van der Waals surface area contributed by atoms with Gasteiger partial charge in [-0.1, -0.05) is 5.16 Å². The van der Waals surface area contributed by atoms with Gasteiger partial charge in [0, 0.05) is 11.1 Å². The second-order valence-corrected chi connectivity index (χ2v) is 4.33. The molecule has 3 rings (SSSR count). The van der Waals surface area contributed by atoms with Gasteiger partial charge in [-0.3, -0.25) is 0 Å². The van der Waals surface area contributed by atoms with Gasteiger partial charge in [-0.25, -0.2) is 0 Å². The van der Waals surface area contributed by atoms with Crippen LogP contribution >= 0.6 is 0 Å². The van der Waals surface area contributed by atoms with Crippen LogP contribution in [-0.2, 0) is 0 Å². The Bertz CT molecular complexity index is 747. The van der Waals surface area contributed by atoms with Gasteiger partial charge in [0.15, 0.2) is 23.0 Å². The average Bonchev–Trinajstić information content (AvgIpc) is 2.94. The summed E-state index contributed by atoms with van der Waals surface area (Å²) in [6, 6.07) is 8.26. The van der Waals surface area contributed by atoms with E-state index in [-0.39, 0.29) is 34.7 Å². The molecule has 0 unspecified atom stereocenters. The molecule has 0 spiro atoms. The SMILES string of the molecule is Oc1ccc(-c2noc(-c3ccc(O)c(O)c3)n2)cc1O. The topological polar surface area (TPSA) is 120 Å². The Morgan fingerprint density at radius 3 is 1.90 bits per heavy atom. The van der Waals surface area contributed by atoms with Gasteiger partial charge in [0.2, 0.25) is 5.82 Å². The van der Waals surface area contributed by atoms with Crippen LogP contribution in [0.15, 0.2) is 40.9 Å². The third kappa shape index (κ3) is 2.32. The highest BCUT2D eigenvalue weighted by atomic mass is 16.5. The van der Waals surface area contributed by atoms with Gasteiger partial charge in [0.05, 0.1) is 0 Å². The predicted octanol–water partition coefficient (Wildman–Crippen LogP) is 2.23. The number of phenolic OH excluding ortho intramolecular Hbond substituents is 4. The first-order valence-electron chi connectivity index (χ1n) is 5.93. The summed E-state index contributed by atoms with van der Waals surface area (Å²) < 4.78 is 5.07. The van der Waals surface area contributed by atoms with Crippen LogP contribution in [0.25, 0.3) is 22.8 Å². The number of rotatable bonds is 2. The molecule has 0 aliphatic rings. The maximum absolute atomic E-state index is 9.46. The third-order valence-electron chi connectivity index (χ3n) is 2.88. The fraction of sp³-hybridized carbons (Fsp3) is 0. The van der Waals surface area contributed by atoms with Crippen molar-refractivity contribution in [2.24, 2.45) is 0 Å². The van der Waals surface area contributed by atoms with Crippen LogP contribution in [0.5, 0.6) is 23.0 Å². The highest BCUT2D eigenvalue weighted by Crippen LogP contribution is 2.32. The van der Waals surface area contributed by atoms with E-state index >= 15 is 0 Å². The Labute approximate surface area is 118 Å². The molecule has 7 heteroatoms. The first-order valence-corrected chi connectivity index (χ1v) is 5.93. The molecule has 1 aromatic heterocycles. The van der Waals surface area contributed by atoms with E-state index in [1.807, 2.05) is 0 Å². The molecule has 106 valence electrons. The molecule has 0 bridgehead atoms. The molecule has 1 heterocycles. The van der Waals surface area contributed by atoms with E-state index in [2.05, 4.69) is 10.1 Å². The standard InChI is InChI=1S/C14H10N2O5/c17-9-3-1-7(5-11(9)19)13-15-14(21-16-13)8-2-4-10(18)12(20)6-8/h1-6,17-20H. The zero-order valence-electron chi connectivity index (χ0n) is 10.6. The summed E-state index contributed by atoms with van der Waals surface area (Å²) in [6.07, 6.45) is 0. The Balaban J connectivity index is 1.99. The summed E-state index contributed by atoms with van der Waals surface area (Å²) in [5, 5.41) is 41.2. The van der Waals surface area contributed by atoms with Crippen molar-refractivity contribution in [3.63, 3.8) is 0 Å². The highest BCUT2D eigenvalue weighted by molar-refractivity contribution is 5.64. The van der Waals surface area contributed by atoms with Crippen molar-refractivity contribution in [2.45, 2.75) is 0 Å². The second kappa shape index (κ2) is 4.71. The molecular weight excluding hydrogens is 276 g/mol. The number of aromatic hydroxyl groups is 4. The van der Waals surface area contributed by atoms with Crippen LogP contribution in [0.4, 0.5) is 0 Å². The number of hydrogen-bond donors (Lipinski definition) is 4. The van der Waals surface area contributed by atoms with Crippen molar-refractivity contribution in [3.05, 3.63) is 36.4 Å². The molecule has 0 aliphatic heterocycles. The Kier molecular flexibility index (Phi) is 2.87. The average molecular weight is 286 g/mol. The summed E-state index contributed by atoms with van der Waals surface area (Å²) in [5.74, 6) is -0.718. The molecule has 3 aromatic rings. The molecule has 2 aromatic carbocycles. The number of aromatic nitrogens is 2. The lowest BCUT2D eigenvalue weighted by atomic mass is 10.2. The van der Waals surface area contributed by atoms with Crippen molar-refractivity contribution in [2.75, 3.05) is 0 Å². The Morgan fingerprint density at radius 2 is 1.29 bits per heavy atom. The summed E-state index contributed by atoms with van der Waals surface area (Å²) in [6.45, 7) is 0. The van der Waals surface area contributed by atoms with Gasteiger partial charge in [-0.2, -0.15) is 4.98 Å². The van der Waals surface area contributed by atoms with E-state index in [1.165, 1.54) is 36.4 Å². The minimum absolute atomic E-state index is 0.146. The molecule has 0 atom stereocenters. The van der Waals surface area contributed by atoms with Gasteiger partial charge in [0.1, 0.15) is 0 Å². The van der Waals surface area contributed by atoms with Crippen LogP contribution < -0.4 is 0 Å². The first-order chi connectivity index (χ1) is 10.0. The molecule has 7 nitrogen and oxygen atoms in total. The normalized spacial score (nSPS) is 10.7. The lowest BCUT2D eigenvalue weighted by Crippen LogP contribution is -1.82. The Morgan fingerprint density at radius 1 is 0.714 bits per heavy atom. The maximum Gasteiger partial charge on any atom is 0.258 e. The van der Waals surface area contributed by atoms with E-state index in [0.29, 0.717) is 11.1 Å². The van der Waals surface area contributed by atoms with Crippen molar-refractivity contribution in [3.8, 4) is 45.8 Å². The smallest absolute Gasteiger partial charge is 0.258 e. The molecule has 0 fully saturated rings. The lowest BCUT2D eigenvalue weighted by molar-refractivity contribution is 0.402. The van der Waals surface area contributed by atoms with Crippen molar-refractivity contribution in [1.29, 1.82) is 0 Å². The second-order valence-electron chi connectivity index (χ2n) is 4.33. The number of hydrogen-bond acceptors (Lipinski definition) is 7. The number of phenols is 4. The minimum atomic E-state index is -0.297. The van der Waals surface area contributed by atoms with Crippen molar-refractivity contribution in [1.82, 2.24) is 10.1 Å². The zero-order valence-corrected chi connectivity index (χ0v) is 10.6. The quantitative estimate of drug-likeness (QED) is 0.533. The largest absolute Gasteiger partial charge is 0.504 e. The molecule has 0 aliphatic carbocycles. The lowest BCUT2D eigenvalue weighted by Gasteiger charge is -1.99. The van der Waals surface area contributed by atoms with E-state index in [0.717, 1.165) is 0 Å². The van der Waals surface area contributed by atoms with Crippen LogP contribution in [0.3, 0.4) is 0 Å². The minimum Gasteiger partial charge on any atom is -0.504 e. The predicted molar refractivity (Wildman–Crippen MR) is 71.8 cm³/mol. The summed E-state index contributed by atoms with van der Waals surface area (Å²) >= 11 is 0. The first kappa shape index (κ1) is 12.8. The van der Waals surface area contributed by atoms with E-state index in [9.17, 15) is 20.4 Å². The summed E-state index contributed by atoms with van der Waals surface area (Å²) in [7, 11) is 0. The maximum atomic E-state index is 9.46. The van der Waals surface area contributed by atoms with Crippen molar-refractivity contribution >= 4 is 0 Å². The van der Waals surface area contributed by atoms with Crippen molar-refractivity contribution < 1.29 is 24.9 Å². The van der Waals surface area contributed by atoms with Gasteiger partial charge in [0.25, 0.3) is 5.89 Å². The highest BCUT2D eigenvalue weighted by Gasteiger charge is 2.13. The fourth-order valence-electron chi connectivity index (χ4n) is 1.78. The van der Waals surface area contributed by atoms with Gasteiger partial charge in [-0.15, -0.1) is 0 Å². The van der Waals surface area contributed by atoms with Crippen LogP contribution in [0.1, 0.15) is 0 Å². The van der Waals surface area contributed by atoms with Crippen LogP contribution in [0, 0.1) is 0 Å². The van der Waals surface area contributed by atoms with Gasteiger partial charge < -0.3 is 24.9 Å². The monoisotopic (exact) mass is 286 g/mol. The molecule has 0 saturated heterocycles. The number of nitrogens with zero attached hydrogens (tertiary/aromatic N) is 2. The van der Waals surface area contributed by atoms with Crippen LogP contribution in [0.2, 0.25) is 0 Å². The van der Waals surface area contributed by atoms with E-state index in [4.69, 9.17) is 4.52 Å². The molecule has 4 N–H and O–H groups in total. The van der Waals surface area contributed by atoms with Crippen LogP contribution in [-0.4, -0.2) is 30.6 Å². The van der Waals surface area contributed by atoms with E-state index in [1.54, 1.807) is 0 Å². The third-order valence-corrected chi connectivity index (χ3v) is 2.88. The summed E-state index contributed by atoms with van der Waals surface area (Å²) in [4.78, 5) is 4.13. The molecule has 0 radical (unpaired) electrons. The molecular formula is C14H10N2O5.